The molecule has 164 valence electrons. The Balaban J connectivity index is 2.00. The van der Waals surface area contributed by atoms with Crippen LogP contribution in [0, 0.1) is 0 Å². The van der Waals surface area contributed by atoms with Gasteiger partial charge in [-0.1, -0.05) is 28.1 Å². The van der Waals surface area contributed by atoms with Gasteiger partial charge in [0, 0.05) is 22.1 Å². The van der Waals surface area contributed by atoms with Crippen molar-refractivity contribution in [3.8, 4) is 17.2 Å². The van der Waals surface area contributed by atoms with Gasteiger partial charge in [0.05, 0.1) is 14.2 Å². The summed E-state index contributed by atoms with van der Waals surface area (Å²) in [5.74, 6) is 1.83. The van der Waals surface area contributed by atoms with Crippen molar-refractivity contribution < 1.29 is 19.0 Å². The second-order valence-electron chi connectivity index (χ2n) is 7.92. The maximum absolute atomic E-state index is 12.2. The molecular weight excluding hydrogens is 448 g/mol. The van der Waals surface area contributed by atoms with Crippen LogP contribution in [0.1, 0.15) is 31.9 Å². The number of ether oxygens (including phenoxy) is 3. The Morgan fingerprint density at radius 3 is 2.33 bits per heavy atom. The zero-order valence-electron chi connectivity index (χ0n) is 18.3. The van der Waals surface area contributed by atoms with Gasteiger partial charge in [0.2, 0.25) is 0 Å². The summed E-state index contributed by atoms with van der Waals surface area (Å²) in [5, 5.41) is 6.34. The molecule has 0 spiro atoms. The van der Waals surface area contributed by atoms with E-state index in [1.165, 1.54) is 5.56 Å². The Morgan fingerprint density at radius 2 is 1.73 bits per heavy atom. The number of benzene rings is 2. The number of methoxy groups -OCH3 is 2. The Kier molecular flexibility index (Phi) is 8.99. The van der Waals surface area contributed by atoms with E-state index in [9.17, 15) is 4.79 Å². The summed E-state index contributed by atoms with van der Waals surface area (Å²) < 4.78 is 17.4. The third kappa shape index (κ3) is 7.54. The van der Waals surface area contributed by atoms with E-state index < -0.39 is 0 Å². The van der Waals surface area contributed by atoms with Gasteiger partial charge in [0.15, 0.2) is 18.1 Å². The van der Waals surface area contributed by atoms with Crippen LogP contribution in [0.4, 0.5) is 0 Å². The fraction of sp³-hybridized carbons (Fsp3) is 0.435. The monoisotopic (exact) mass is 478 g/mol. The van der Waals surface area contributed by atoms with Gasteiger partial charge >= 0.3 is 0 Å². The number of hydrogen-bond donors (Lipinski definition) is 2. The van der Waals surface area contributed by atoms with Crippen LogP contribution in [-0.2, 0) is 17.8 Å². The zero-order valence-corrected chi connectivity index (χ0v) is 19.9. The molecule has 2 N–H and O–H groups in total. The van der Waals surface area contributed by atoms with Crippen LogP contribution in [-0.4, -0.2) is 38.8 Å². The number of rotatable bonds is 10. The van der Waals surface area contributed by atoms with Crippen LogP contribution in [0.2, 0.25) is 0 Å². The number of carbonyl (C=O) groups excluding carboxylic acids is 1. The van der Waals surface area contributed by atoms with E-state index in [1.807, 2.05) is 45.0 Å². The normalized spacial score (nSPS) is 11.1. The molecule has 1 amide bonds. The lowest BCUT2D eigenvalue weighted by molar-refractivity contribution is -0.124. The van der Waals surface area contributed by atoms with Gasteiger partial charge in [-0.3, -0.25) is 4.79 Å². The summed E-state index contributed by atoms with van der Waals surface area (Å²) in [6, 6.07) is 11.8. The molecule has 0 aromatic heterocycles. The molecular formula is C23H31BrN2O4. The number of halogens is 1. The minimum absolute atomic E-state index is 0.0804. The molecule has 0 radical (unpaired) electrons. The predicted octanol–water partition coefficient (Wildman–Crippen LogP) is 4.09. The van der Waals surface area contributed by atoms with Crippen LogP contribution in [0.25, 0.3) is 0 Å². The van der Waals surface area contributed by atoms with E-state index in [1.54, 1.807) is 14.2 Å². The third-order valence-corrected chi connectivity index (χ3v) is 5.04. The molecule has 2 aromatic carbocycles. The van der Waals surface area contributed by atoms with Crippen LogP contribution < -0.4 is 24.8 Å². The topological polar surface area (TPSA) is 68.8 Å². The molecule has 7 heteroatoms. The van der Waals surface area contributed by atoms with Crippen molar-refractivity contribution in [3.63, 3.8) is 0 Å². The summed E-state index contributed by atoms with van der Waals surface area (Å²) in [6.45, 7) is 7.08. The molecule has 2 rings (SSSR count). The van der Waals surface area contributed by atoms with Crippen molar-refractivity contribution in [2.75, 3.05) is 27.4 Å². The minimum atomic E-state index is -0.312. The SMILES string of the molecule is COc1ccc(CCNCc2c(Br)ccc(OC)c2OCC(=O)NC(C)(C)C)cc1. The standard InChI is InChI=1S/C23H31BrN2O4/c1-23(2,3)26-21(27)15-30-22-18(19(24)10-11-20(22)29-5)14-25-13-12-16-6-8-17(28-4)9-7-16/h6-11,25H,12-15H2,1-5H3,(H,26,27). The first kappa shape index (κ1) is 24.0. The summed E-state index contributed by atoms with van der Waals surface area (Å²) in [7, 11) is 3.25. The number of hydrogen-bond acceptors (Lipinski definition) is 5. The van der Waals surface area contributed by atoms with Gasteiger partial charge in [-0.05, 0) is 63.6 Å². The van der Waals surface area contributed by atoms with Crippen LogP contribution >= 0.6 is 15.9 Å². The second-order valence-corrected chi connectivity index (χ2v) is 8.77. The summed E-state index contributed by atoms with van der Waals surface area (Å²) in [5.41, 5.74) is 1.82. The van der Waals surface area contributed by atoms with Crippen molar-refractivity contribution in [2.45, 2.75) is 39.3 Å². The lowest BCUT2D eigenvalue weighted by Gasteiger charge is -2.21. The molecule has 30 heavy (non-hydrogen) atoms. The molecule has 2 aromatic rings. The fourth-order valence-electron chi connectivity index (χ4n) is 2.90. The smallest absolute Gasteiger partial charge is 0.258 e. The van der Waals surface area contributed by atoms with Gasteiger partial charge in [-0.2, -0.15) is 0 Å². The first-order valence-corrected chi connectivity index (χ1v) is 10.7. The first-order valence-electron chi connectivity index (χ1n) is 9.86. The van der Waals surface area contributed by atoms with Crippen LogP contribution in [0.3, 0.4) is 0 Å². The Morgan fingerprint density at radius 1 is 1.03 bits per heavy atom. The highest BCUT2D eigenvalue weighted by atomic mass is 79.9. The van der Waals surface area contributed by atoms with Gasteiger partial charge in [0.25, 0.3) is 5.91 Å². The third-order valence-electron chi connectivity index (χ3n) is 4.30. The van der Waals surface area contributed by atoms with Crippen molar-refractivity contribution in [1.29, 1.82) is 0 Å². The fourth-order valence-corrected chi connectivity index (χ4v) is 3.35. The van der Waals surface area contributed by atoms with Crippen LogP contribution in [0.5, 0.6) is 17.2 Å². The van der Waals surface area contributed by atoms with E-state index in [0.29, 0.717) is 18.0 Å². The predicted molar refractivity (Wildman–Crippen MR) is 122 cm³/mol. The van der Waals surface area contributed by atoms with E-state index in [0.717, 1.165) is 28.8 Å². The largest absolute Gasteiger partial charge is 0.497 e. The maximum Gasteiger partial charge on any atom is 0.258 e. The highest BCUT2D eigenvalue weighted by Crippen LogP contribution is 2.36. The second kappa shape index (κ2) is 11.2. The van der Waals surface area contributed by atoms with Gasteiger partial charge in [0.1, 0.15) is 5.75 Å². The van der Waals surface area contributed by atoms with E-state index >= 15 is 0 Å². The highest BCUT2D eigenvalue weighted by molar-refractivity contribution is 9.10. The molecule has 0 atom stereocenters. The number of nitrogens with one attached hydrogen (secondary N) is 2. The minimum Gasteiger partial charge on any atom is -0.497 e. The van der Waals surface area contributed by atoms with Crippen molar-refractivity contribution in [2.24, 2.45) is 0 Å². The van der Waals surface area contributed by atoms with Crippen molar-refractivity contribution >= 4 is 21.8 Å². The summed E-state index contributed by atoms with van der Waals surface area (Å²) in [4.78, 5) is 12.2. The van der Waals surface area contributed by atoms with Gasteiger partial charge < -0.3 is 24.8 Å². The molecule has 0 bridgehead atoms. The molecule has 0 saturated carbocycles. The molecule has 0 heterocycles. The summed E-state index contributed by atoms with van der Waals surface area (Å²) >= 11 is 3.59. The number of amides is 1. The van der Waals surface area contributed by atoms with Gasteiger partial charge in [-0.25, -0.2) is 0 Å². The molecule has 6 nitrogen and oxygen atoms in total. The molecule has 0 unspecified atom stereocenters. The van der Waals surface area contributed by atoms with Gasteiger partial charge in [-0.15, -0.1) is 0 Å². The Bertz CT molecular complexity index is 832. The first-order chi connectivity index (χ1) is 14.2. The van der Waals surface area contributed by atoms with Crippen molar-refractivity contribution in [1.82, 2.24) is 10.6 Å². The average Bonchev–Trinajstić information content (AvgIpc) is 2.70. The lowest BCUT2D eigenvalue weighted by Crippen LogP contribution is -2.43. The number of carbonyl (C=O) groups is 1. The lowest BCUT2D eigenvalue weighted by atomic mass is 10.1. The average molecular weight is 479 g/mol. The highest BCUT2D eigenvalue weighted by Gasteiger charge is 2.18. The van der Waals surface area contributed by atoms with E-state index in [-0.39, 0.29) is 18.1 Å². The summed E-state index contributed by atoms with van der Waals surface area (Å²) in [6.07, 6.45) is 0.885. The Labute approximate surface area is 187 Å². The van der Waals surface area contributed by atoms with E-state index in [4.69, 9.17) is 14.2 Å². The van der Waals surface area contributed by atoms with Crippen LogP contribution in [0.15, 0.2) is 40.9 Å². The van der Waals surface area contributed by atoms with E-state index in [2.05, 4.69) is 38.7 Å². The zero-order chi connectivity index (χ0) is 22.1. The Hall–Kier alpha value is -2.25. The molecule has 0 fully saturated rings. The van der Waals surface area contributed by atoms with Crippen molar-refractivity contribution in [3.05, 3.63) is 52.0 Å². The molecule has 0 aliphatic heterocycles. The molecule has 0 aliphatic rings. The molecule has 0 saturated heterocycles. The maximum atomic E-state index is 12.2. The quantitative estimate of drug-likeness (QED) is 0.503. The molecule has 0 aliphatic carbocycles.